The monoisotopic (exact) mass is 164 g/mol. The highest BCUT2D eigenvalue weighted by Gasteiger charge is 1.87. The molecule has 2 unspecified atom stereocenters. The van der Waals surface area contributed by atoms with Crippen molar-refractivity contribution in [3.63, 3.8) is 0 Å². The zero-order chi connectivity index (χ0) is 9.28. The van der Waals surface area contributed by atoms with Gasteiger partial charge in [-0.15, -0.1) is 0 Å². The summed E-state index contributed by atoms with van der Waals surface area (Å²) in [6.45, 7) is 5.84. The molecule has 0 aromatic carbocycles. The van der Waals surface area contributed by atoms with E-state index in [4.69, 9.17) is 10.2 Å². The van der Waals surface area contributed by atoms with Gasteiger partial charge >= 0.3 is 0 Å². The van der Waals surface area contributed by atoms with Crippen LogP contribution in [0.15, 0.2) is 0 Å². The molecule has 2 N–H and O–H groups in total. The third kappa shape index (κ3) is 25.8. The molecule has 0 aromatic heterocycles. The van der Waals surface area contributed by atoms with Crippen molar-refractivity contribution in [3.8, 4) is 0 Å². The van der Waals surface area contributed by atoms with Crippen LogP contribution in [-0.2, 0) is 4.74 Å². The fraction of sp³-hybridized carbons (Fsp3) is 1.00. The lowest BCUT2D eigenvalue weighted by Crippen LogP contribution is -2.07. The van der Waals surface area contributed by atoms with E-state index in [9.17, 15) is 0 Å². The van der Waals surface area contributed by atoms with Gasteiger partial charge in [-0.2, -0.15) is 0 Å². The number of rotatable bonds is 3. The van der Waals surface area contributed by atoms with Gasteiger partial charge in [0.2, 0.25) is 0 Å². The van der Waals surface area contributed by atoms with Crippen LogP contribution in [0.5, 0.6) is 0 Å². The third-order valence-electron chi connectivity index (χ3n) is 0.999. The van der Waals surface area contributed by atoms with Crippen molar-refractivity contribution in [1.29, 1.82) is 0 Å². The number of aliphatic hydroxyl groups is 2. The fourth-order valence-corrected chi connectivity index (χ4v) is 0.241. The second-order valence-electron chi connectivity index (χ2n) is 2.56. The summed E-state index contributed by atoms with van der Waals surface area (Å²) in [6, 6.07) is 0. The predicted molar refractivity (Wildman–Crippen MR) is 45.5 cm³/mol. The Kier molecular flexibility index (Phi) is 12.1. The minimum absolute atomic E-state index is 0.116. The van der Waals surface area contributed by atoms with Gasteiger partial charge in [-0.25, -0.2) is 0 Å². The number of hydrogen-bond acceptors (Lipinski definition) is 3. The Morgan fingerprint density at radius 2 is 1.55 bits per heavy atom. The average molecular weight is 164 g/mol. The van der Waals surface area contributed by atoms with Crippen LogP contribution in [0, 0.1) is 0 Å². The second kappa shape index (κ2) is 9.88. The zero-order valence-corrected chi connectivity index (χ0v) is 7.87. The highest BCUT2D eigenvalue weighted by molar-refractivity contribution is 4.36. The van der Waals surface area contributed by atoms with Crippen LogP contribution in [0.25, 0.3) is 0 Å². The Morgan fingerprint density at radius 1 is 1.18 bits per heavy atom. The first-order valence-corrected chi connectivity index (χ1v) is 3.89. The molecule has 0 saturated carbocycles. The first kappa shape index (κ1) is 13.5. The number of methoxy groups -OCH3 is 1. The van der Waals surface area contributed by atoms with E-state index < -0.39 is 0 Å². The molecular weight excluding hydrogens is 144 g/mol. The fourth-order valence-electron chi connectivity index (χ4n) is 0.241. The summed E-state index contributed by atoms with van der Waals surface area (Å²) >= 11 is 0. The lowest BCUT2D eigenvalue weighted by Gasteiger charge is -1.97. The van der Waals surface area contributed by atoms with E-state index in [-0.39, 0.29) is 12.2 Å². The summed E-state index contributed by atoms with van der Waals surface area (Å²) in [5.74, 6) is 0. The average Bonchev–Trinajstić information content (AvgIpc) is 1.89. The van der Waals surface area contributed by atoms with Crippen molar-refractivity contribution in [2.45, 2.75) is 39.4 Å². The molecule has 0 heterocycles. The third-order valence-corrected chi connectivity index (χ3v) is 0.999. The van der Waals surface area contributed by atoms with Crippen molar-refractivity contribution in [3.05, 3.63) is 0 Å². The van der Waals surface area contributed by atoms with Gasteiger partial charge in [0.15, 0.2) is 0 Å². The molecule has 11 heavy (non-hydrogen) atoms. The lowest BCUT2D eigenvalue weighted by molar-refractivity contribution is 0.0765. The largest absolute Gasteiger partial charge is 0.393 e. The van der Waals surface area contributed by atoms with Crippen LogP contribution < -0.4 is 0 Å². The highest BCUT2D eigenvalue weighted by Crippen LogP contribution is 1.81. The van der Waals surface area contributed by atoms with E-state index in [1.54, 1.807) is 21.0 Å². The summed E-state index contributed by atoms with van der Waals surface area (Å²) in [5, 5.41) is 16.8. The van der Waals surface area contributed by atoms with Gasteiger partial charge in [0, 0.05) is 7.11 Å². The van der Waals surface area contributed by atoms with Crippen molar-refractivity contribution in [2.75, 3.05) is 13.7 Å². The summed E-state index contributed by atoms with van der Waals surface area (Å²) in [5.41, 5.74) is 0. The van der Waals surface area contributed by atoms with E-state index in [0.29, 0.717) is 6.61 Å². The lowest BCUT2D eigenvalue weighted by atomic mass is 10.3. The Morgan fingerprint density at radius 3 is 1.55 bits per heavy atom. The molecule has 70 valence electrons. The van der Waals surface area contributed by atoms with E-state index in [1.165, 1.54) is 0 Å². The van der Waals surface area contributed by atoms with Gasteiger partial charge in [-0.1, -0.05) is 6.92 Å². The Bertz CT molecular complexity index is 62.4. The van der Waals surface area contributed by atoms with Crippen LogP contribution in [0.2, 0.25) is 0 Å². The molecule has 0 rings (SSSR count). The van der Waals surface area contributed by atoms with Crippen LogP contribution in [0.1, 0.15) is 27.2 Å². The summed E-state index contributed by atoms with van der Waals surface area (Å²) in [4.78, 5) is 0. The van der Waals surface area contributed by atoms with E-state index >= 15 is 0 Å². The standard InChI is InChI=1S/C4H10O2.C4H10O/c1-4(5)3-6-2;1-3-4(2)5/h4-5H,3H2,1-2H3;4-5H,3H2,1-2H3. The molecule has 0 amide bonds. The van der Waals surface area contributed by atoms with Gasteiger partial charge in [0.1, 0.15) is 0 Å². The maximum atomic E-state index is 8.43. The molecule has 0 aliphatic heterocycles. The van der Waals surface area contributed by atoms with E-state index in [1.807, 2.05) is 6.92 Å². The first-order valence-electron chi connectivity index (χ1n) is 3.89. The molecule has 0 spiro atoms. The molecular formula is C8H20O3. The minimum Gasteiger partial charge on any atom is -0.393 e. The van der Waals surface area contributed by atoms with Crippen molar-refractivity contribution >= 4 is 0 Å². The summed E-state index contributed by atoms with van der Waals surface area (Å²) in [7, 11) is 1.56. The molecule has 3 nitrogen and oxygen atoms in total. The maximum Gasteiger partial charge on any atom is 0.0745 e. The van der Waals surface area contributed by atoms with Gasteiger partial charge < -0.3 is 14.9 Å². The molecule has 0 aliphatic rings. The normalized spacial score (nSPS) is 14.7. The minimum atomic E-state index is -0.324. The van der Waals surface area contributed by atoms with Crippen LogP contribution in [0.4, 0.5) is 0 Å². The molecule has 0 aliphatic carbocycles. The van der Waals surface area contributed by atoms with Gasteiger partial charge in [-0.3, -0.25) is 0 Å². The summed E-state index contributed by atoms with van der Waals surface area (Å²) in [6.07, 6.45) is 0.421. The quantitative estimate of drug-likeness (QED) is 0.648. The maximum absolute atomic E-state index is 8.43. The predicted octanol–water partition coefficient (Wildman–Crippen LogP) is 0.791. The van der Waals surface area contributed by atoms with Crippen LogP contribution in [0.3, 0.4) is 0 Å². The molecule has 0 bridgehead atoms. The number of hydrogen-bond donors (Lipinski definition) is 2. The molecule has 0 aromatic rings. The molecule has 0 saturated heterocycles. The molecule has 2 atom stereocenters. The van der Waals surface area contributed by atoms with Crippen molar-refractivity contribution in [2.24, 2.45) is 0 Å². The topological polar surface area (TPSA) is 49.7 Å². The van der Waals surface area contributed by atoms with Crippen LogP contribution >= 0.6 is 0 Å². The molecule has 0 radical (unpaired) electrons. The molecule has 0 fully saturated rings. The smallest absolute Gasteiger partial charge is 0.0745 e. The second-order valence-corrected chi connectivity index (χ2v) is 2.56. The Hall–Kier alpha value is -0.120. The Labute approximate surface area is 69.0 Å². The van der Waals surface area contributed by atoms with Gasteiger partial charge in [-0.05, 0) is 20.3 Å². The van der Waals surface area contributed by atoms with E-state index in [0.717, 1.165) is 6.42 Å². The van der Waals surface area contributed by atoms with E-state index in [2.05, 4.69) is 4.74 Å². The van der Waals surface area contributed by atoms with Crippen molar-refractivity contribution in [1.82, 2.24) is 0 Å². The van der Waals surface area contributed by atoms with Crippen LogP contribution in [-0.4, -0.2) is 36.1 Å². The number of ether oxygens (including phenoxy) is 1. The SMILES string of the molecule is CCC(C)O.COCC(C)O. The Balaban J connectivity index is 0. The van der Waals surface area contributed by atoms with Gasteiger partial charge in [0.05, 0.1) is 18.8 Å². The summed E-state index contributed by atoms with van der Waals surface area (Å²) < 4.78 is 4.55. The highest BCUT2D eigenvalue weighted by atomic mass is 16.5. The first-order chi connectivity index (χ1) is 5.04. The molecule has 3 heteroatoms. The number of aliphatic hydroxyl groups excluding tert-OH is 2. The van der Waals surface area contributed by atoms with Crippen molar-refractivity contribution < 1.29 is 14.9 Å². The zero-order valence-electron chi connectivity index (χ0n) is 7.87. The van der Waals surface area contributed by atoms with Gasteiger partial charge in [0.25, 0.3) is 0 Å².